The van der Waals surface area contributed by atoms with Gasteiger partial charge in [0.1, 0.15) is 17.2 Å². The molecule has 0 heterocycles. The van der Waals surface area contributed by atoms with E-state index in [0.717, 1.165) is 6.07 Å². The van der Waals surface area contributed by atoms with Crippen LogP contribution in [0.25, 0.3) is 0 Å². The molecule has 0 bridgehead atoms. The molecule has 1 aromatic rings. The Morgan fingerprint density at radius 1 is 1.30 bits per heavy atom. The molecule has 10 heteroatoms. The molecule has 0 saturated heterocycles. The van der Waals surface area contributed by atoms with Crippen LogP contribution in [0.5, 0.6) is 5.75 Å². The second kappa shape index (κ2) is 7.18. The summed E-state index contributed by atoms with van der Waals surface area (Å²) in [5, 5.41) is 1.68. The molecule has 1 aromatic carbocycles. The summed E-state index contributed by atoms with van der Waals surface area (Å²) in [5.41, 5.74) is -0.223. The van der Waals surface area contributed by atoms with E-state index >= 15 is 0 Å². The normalized spacial score (nSPS) is 12.3. The second-order valence-corrected chi connectivity index (χ2v) is 6.62. The van der Waals surface area contributed by atoms with Crippen molar-refractivity contribution >= 4 is 15.9 Å². The number of carbonyl (C=O) groups excluding carboxylic acids is 1. The van der Waals surface area contributed by atoms with Gasteiger partial charge in [0.05, 0.1) is 7.11 Å². The van der Waals surface area contributed by atoms with E-state index in [9.17, 15) is 26.4 Å². The van der Waals surface area contributed by atoms with Crippen LogP contribution in [0, 0.1) is 0 Å². The number of benzene rings is 1. The van der Waals surface area contributed by atoms with E-state index in [1.54, 1.807) is 19.2 Å². The molecule has 23 heavy (non-hydrogen) atoms. The topological polar surface area (TPSA) is 84.5 Å². The molecule has 0 aromatic heterocycles. The Hall–Kier alpha value is -1.81. The van der Waals surface area contributed by atoms with E-state index in [0.29, 0.717) is 0 Å². The minimum atomic E-state index is -4.56. The van der Waals surface area contributed by atoms with Gasteiger partial charge in [0.2, 0.25) is 10.0 Å². The van der Waals surface area contributed by atoms with Crippen molar-refractivity contribution in [3.05, 3.63) is 23.8 Å². The summed E-state index contributed by atoms with van der Waals surface area (Å²) >= 11 is 0. The fraction of sp³-hybridized carbons (Fsp3) is 0.462. The number of amides is 1. The largest absolute Gasteiger partial charge is 0.495 e. The Morgan fingerprint density at radius 2 is 1.91 bits per heavy atom. The summed E-state index contributed by atoms with van der Waals surface area (Å²) < 4.78 is 68.0. The molecule has 130 valence electrons. The first-order chi connectivity index (χ1) is 10.5. The molecule has 6 nitrogen and oxygen atoms in total. The summed E-state index contributed by atoms with van der Waals surface area (Å²) in [6.07, 6.45) is -4.56. The van der Waals surface area contributed by atoms with Gasteiger partial charge < -0.3 is 10.1 Å². The number of halogens is 3. The highest BCUT2D eigenvalue weighted by Crippen LogP contribution is 2.25. The van der Waals surface area contributed by atoms with Crippen LogP contribution in [0.4, 0.5) is 13.2 Å². The lowest BCUT2D eigenvalue weighted by molar-refractivity contribution is -0.123. The predicted octanol–water partition coefficient (Wildman–Crippen LogP) is 1.67. The summed E-state index contributed by atoms with van der Waals surface area (Å²) in [6.45, 7) is 1.69. The first-order valence-electron chi connectivity index (χ1n) is 6.51. The van der Waals surface area contributed by atoms with Gasteiger partial charge in [0.25, 0.3) is 5.91 Å². The summed E-state index contributed by atoms with van der Waals surface area (Å²) in [7, 11) is -2.74. The van der Waals surface area contributed by atoms with Gasteiger partial charge in [-0.2, -0.15) is 13.2 Å². The van der Waals surface area contributed by atoms with Crippen molar-refractivity contribution in [1.29, 1.82) is 0 Å². The number of alkyl halides is 3. The predicted molar refractivity (Wildman–Crippen MR) is 76.8 cm³/mol. The number of nitrogens with one attached hydrogen (secondary N) is 2. The van der Waals surface area contributed by atoms with Crippen molar-refractivity contribution in [2.75, 3.05) is 13.7 Å². The maximum Gasteiger partial charge on any atom is 0.405 e. The van der Waals surface area contributed by atoms with Crippen molar-refractivity contribution in [2.45, 2.75) is 31.0 Å². The number of hydrogen-bond acceptors (Lipinski definition) is 4. The Kier molecular flexibility index (Phi) is 6.00. The molecular formula is C13H17F3N2O4S. The molecule has 0 radical (unpaired) electrons. The zero-order chi connectivity index (χ0) is 17.8. The van der Waals surface area contributed by atoms with Gasteiger partial charge in [0, 0.05) is 11.6 Å². The summed E-state index contributed by atoms with van der Waals surface area (Å²) in [4.78, 5) is 11.4. The highest BCUT2D eigenvalue weighted by Gasteiger charge is 2.28. The SMILES string of the molecule is COc1ccc(C(=O)NCC(F)(F)F)cc1S(=O)(=O)NC(C)C. The van der Waals surface area contributed by atoms with Crippen LogP contribution in [0.1, 0.15) is 24.2 Å². The number of carbonyl (C=O) groups is 1. The van der Waals surface area contributed by atoms with Crippen LogP contribution in [0.3, 0.4) is 0 Å². The average Bonchev–Trinajstić information content (AvgIpc) is 2.41. The van der Waals surface area contributed by atoms with Crippen molar-refractivity contribution in [3.63, 3.8) is 0 Å². The van der Waals surface area contributed by atoms with Crippen LogP contribution in [0.15, 0.2) is 23.1 Å². The molecule has 0 saturated carbocycles. The highest BCUT2D eigenvalue weighted by molar-refractivity contribution is 7.89. The van der Waals surface area contributed by atoms with Gasteiger partial charge in [-0.05, 0) is 32.0 Å². The van der Waals surface area contributed by atoms with Crippen LogP contribution < -0.4 is 14.8 Å². The summed E-state index contributed by atoms with van der Waals surface area (Å²) in [5.74, 6) is -1.06. The van der Waals surface area contributed by atoms with Crippen molar-refractivity contribution in [1.82, 2.24) is 10.0 Å². The smallest absolute Gasteiger partial charge is 0.405 e. The van der Waals surface area contributed by atoms with Gasteiger partial charge >= 0.3 is 6.18 Å². The van der Waals surface area contributed by atoms with Gasteiger partial charge in [-0.25, -0.2) is 13.1 Å². The third-order valence-corrected chi connectivity index (χ3v) is 4.24. The number of ether oxygens (including phenoxy) is 1. The molecule has 0 aliphatic rings. The number of rotatable bonds is 6. The van der Waals surface area contributed by atoms with Crippen LogP contribution >= 0.6 is 0 Å². The van der Waals surface area contributed by atoms with E-state index in [1.807, 2.05) is 0 Å². The molecule has 0 aliphatic heterocycles. The Labute approximate surface area is 132 Å². The van der Waals surface area contributed by atoms with E-state index < -0.39 is 34.7 Å². The zero-order valence-corrected chi connectivity index (χ0v) is 13.5. The number of methoxy groups -OCH3 is 1. The van der Waals surface area contributed by atoms with Crippen LogP contribution in [-0.2, 0) is 10.0 Å². The molecule has 0 atom stereocenters. The lowest BCUT2D eigenvalue weighted by Crippen LogP contribution is -2.34. The molecular weight excluding hydrogens is 337 g/mol. The van der Waals surface area contributed by atoms with Gasteiger partial charge in [-0.1, -0.05) is 0 Å². The van der Waals surface area contributed by atoms with E-state index in [4.69, 9.17) is 4.74 Å². The zero-order valence-electron chi connectivity index (χ0n) is 12.7. The third-order valence-electron chi connectivity index (χ3n) is 2.56. The highest BCUT2D eigenvalue weighted by atomic mass is 32.2. The first-order valence-corrected chi connectivity index (χ1v) is 8.00. The standard InChI is InChI=1S/C13H17F3N2O4S/c1-8(2)18-23(20,21)11-6-9(4-5-10(11)22-3)12(19)17-7-13(14,15)16/h4-6,8,18H,7H2,1-3H3,(H,17,19). The van der Waals surface area contributed by atoms with Crippen LogP contribution in [0.2, 0.25) is 0 Å². The minimum absolute atomic E-state index is 0.0227. The number of sulfonamides is 1. The fourth-order valence-corrected chi connectivity index (χ4v) is 3.13. The minimum Gasteiger partial charge on any atom is -0.495 e. The average molecular weight is 354 g/mol. The maximum atomic E-state index is 12.2. The first kappa shape index (κ1) is 19.2. The van der Waals surface area contributed by atoms with Crippen molar-refractivity contribution in [3.8, 4) is 5.75 Å². The van der Waals surface area contributed by atoms with E-state index in [2.05, 4.69) is 4.72 Å². The molecule has 0 spiro atoms. The molecule has 0 aliphatic carbocycles. The van der Waals surface area contributed by atoms with E-state index in [1.165, 1.54) is 19.2 Å². The fourth-order valence-electron chi connectivity index (χ4n) is 1.68. The Morgan fingerprint density at radius 3 is 2.39 bits per heavy atom. The lowest BCUT2D eigenvalue weighted by Gasteiger charge is -2.14. The molecule has 0 unspecified atom stereocenters. The molecule has 2 N–H and O–H groups in total. The third kappa shape index (κ3) is 5.71. The maximum absolute atomic E-state index is 12.2. The van der Waals surface area contributed by atoms with Gasteiger partial charge in [0.15, 0.2) is 0 Å². The lowest BCUT2D eigenvalue weighted by atomic mass is 10.2. The van der Waals surface area contributed by atoms with Crippen LogP contribution in [-0.4, -0.2) is 40.2 Å². The second-order valence-electron chi connectivity index (χ2n) is 4.94. The number of hydrogen-bond donors (Lipinski definition) is 2. The van der Waals surface area contributed by atoms with Crippen molar-refractivity contribution < 1.29 is 31.1 Å². The Bertz CT molecular complexity index is 672. The monoisotopic (exact) mass is 354 g/mol. The summed E-state index contributed by atoms with van der Waals surface area (Å²) in [6, 6.07) is 2.94. The molecule has 1 amide bonds. The van der Waals surface area contributed by atoms with E-state index in [-0.39, 0.29) is 16.2 Å². The molecule has 1 rings (SSSR count). The van der Waals surface area contributed by atoms with Gasteiger partial charge in [-0.15, -0.1) is 0 Å². The molecule has 0 fully saturated rings. The Balaban J connectivity index is 3.15. The van der Waals surface area contributed by atoms with Crippen molar-refractivity contribution in [2.24, 2.45) is 0 Å². The van der Waals surface area contributed by atoms with Gasteiger partial charge in [-0.3, -0.25) is 4.79 Å². The quantitative estimate of drug-likeness (QED) is 0.814.